The first kappa shape index (κ1) is 60.0. The average molecular weight is 862 g/mol. The number of ketones is 2. The van der Waals surface area contributed by atoms with Crippen molar-refractivity contribution < 1.29 is 48.4 Å². The molecule has 0 aromatic carbocycles. The first-order chi connectivity index (χ1) is 29.2. The van der Waals surface area contributed by atoms with Gasteiger partial charge in [0.05, 0.1) is 25.4 Å². The van der Waals surface area contributed by atoms with Crippen molar-refractivity contribution in [1.29, 1.82) is 0 Å². The number of carbonyl (C=O) groups is 5. The normalized spacial score (nSPS) is 25.0. The lowest BCUT2D eigenvalue weighted by atomic mass is 9.82. The number of likely N-dealkylation sites (N-methyl/N-ethyl adjacent to an activating group) is 1. The second-order valence-electron chi connectivity index (χ2n) is 16.3. The summed E-state index contributed by atoms with van der Waals surface area (Å²) in [6.45, 7) is 23.8. The Balaban J connectivity index is 0. The maximum absolute atomic E-state index is 12.2. The number of aldehydes is 1. The summed E-state index contributed by atoms with van der Waals surface area (Å²) < 4.78 is 15.7. The van der Waals surface area contributed by atoms with Crippen LogP contribution in [0.25, 0.3) is 0 Å². The number of esters is 1. The molecule has 0 aromatic rings. The molecule has 6 atom stereocenters. The van der Waals surface area contributed by atoms with Gasteiger partial charge in [0.25, 0.3) is 5.79 Å². The minimum absolute atomic E-state index is 0.0317. The number of likely N-dealkylation sites (tertiary alicyclic amines) is 1. The molecule has 11 nitrogen and oxygen atoms in total. The van der Waals surface area contributed by atoms with Crippen molar-refractivity contribution in [1.82, 2.24) is 4.90 Å². The number of carbonyl (C=O) groups excluding carboxylic acids is 5. The third kappa shape index (κ3) is 26.9. The number of hydrogen-bond acceptors (Lipinski definition) is 11. The van der Waals surface area contributed by atoms with E-state index in [2.05, 4.69) is 37.8 Å². The zero-order chi connectivity index (χ0) is 46.8. The summed E-state index contributed by atoms with van der Waals surface area (Å²) >= 11 is 0. The lowest BCUT2D eigenvalue weighted by molar-refractivity contribution is -0.152. The van der Waals surface area contributed by atoms with Gasteiger partial charge in [-0.1, -0.05) is 96.9 Å². The number of nitrogens with zero attached hydrogens (tertiary/aromatic N) is 1. The molecular formula is C50H87NO10. The minimum Gasteiger partial charge on any atom is -0.464 e. The van der Waals surface area contributed by atoms with Crippen molar-refractivity contribution in [2.45, 2.75) is 196 Å². The number of Topliss-reactive ketones (excluding diaryl/α,β-unsaturated/α-hetero) is 2. The third-order valence-corrected chi connectivity index (χ3v) is 11.2. The Morgan fingerprint density at radius 1 is 0.934 bits per heavy atom. The zero-order valence-corrected chi connectivity index (χ0v) is 40.1. The van der Waals surface area contributed by atoms with E-state index < -0.39 is 11.9 Å². The Kier molecular flexibility index (Phi) is 35.8. The molecule has 61 heavy (non-hydrogen) atoms. The molecule has 0 amide bonds. The number of fused-ring (bicyclic) bond motifs is 1. The molecule has 0 aromatic heterocycles. The van der Waals surface area contributed by atoms with Crippen molar-refractivity contribution in [3.8, 4) is 0 Å². The molecule has 3 aliphatic heterocycles. The first-order valence-electron chi connectivity index (χ1n) is 23.2. The summed E-state index contributed by atoms with van der Waals surface area (Å²) in [7, 11) is 2.02. The van der Waals surface area contributed by atoms with Gasteiger partial charge in [-0.3, -0.25) is 24.1 Å². The van der Waals surface area contributed by atoms with E-state index in [1.54, 1.807) is 13.0 Å². The van der Waals surface area contributed by atoms with Crippen molar-refractivity contribution in [2.75, 3.05) is 26.8 Å². The molecular weight excluding hydrogens is 775 g/mol. The van der Waals surface area contributed by atoms with Gasteiger partial charge in [0, 0.05) is 18.8 Å². The number of aliphatic hydroxyl groups is 2. The summed E-state index contributed by atoms with van der Waals surface area (Å²) in [6.07, 6.45) is 25.4. The van der Waals surface area contributed by atoms with Crippen molar-refractivity contribution in [2.24, 2.45) is 17.8 Å². The van der Waals surface area contributed by atoms with Gasteiger partial charge in [-0.2, -0.15) is 0 Å². The highest BCUT2D eigenvalue weighted by Crippen LogP contribution is 2.42. The molecule has 1 aliphatic carbocycles. The molecule has 3 heterocycles. The number of rotatable bonds is 18. The number of epoxide rings is 1. The molecule has 11 heteroatoms. The molecule has 4 aliphatic rings. The highest BCUT2D eigenvalue weighted by molar-refractivity contribution is 5.81. The van der Waals surface area contributed by atoms with Crippen molar-refractivity contribution in [3.63, 3.8) is 0 Å². The van der Waals surface area contributed by atoms with Crippen LogP contribution >= 0.6 is 0 Å². The molecule has 5 unspecified atom stereocenters. The smallest absolute Gasteiger partial charge is 0.323 e. The van der Waals surface area contributed by atoms with Gasteiger partial charge in [0.2, 0.25) is 0 Å². The molecule has 352 valence electrons. The van der Waals surface area contributed by atoms with Crippen LogP contribution in [0.15, 0.2) is 47.6 Å². The number of aliphatic hydroxyl groups excluding tert-OH is 2. The molecule has 3 saturated heterocycles. The van der Waals surface area contributed by atoms with Gasteiger partial charge in [-0.25, -0.2) is 0 Å². The molecule has 0 bridgehead atoms. The predicted molar refractivity (Wildman–Crippen MR) is 247 cm³/mol. The Bertz CT molecular complexity index is 1320. The van der Waals surface area contributed by atoms with E-state index in [4.69, 9.17) is 19.0 Å². The maximum atomic E-state index is 12.2. The Hall–Kier alpha value is -3.09. The number of hydrogen-bond donors (Lipinski definition) is 2. The molecule has 2 N–H and O–H groups in total. The monoisotopic (exact) mass is 862 g/mol. The first-order valence-corrected chi connectivity index (χ1v) is 23.2. The minimum atomic E-state index is -0.793. The van der Waals surface area contributed by atoms with Gasteiger partial charge < -0.3 is 29.2 Å². The highest BCUT2D eigenvalue weighted by atomic mass is 16.8. The Labute approximate surface area is 370 Å². The fourth-order valence-electron chi connectivity index (χ4n) is 7.00. The molecule has 1 saturated carbocycles. The van der Waals surface area contributed by atoms with Gasteiger partial charge in [0.15, 0.2) is 6.29 Å². The van der Waals surface area contributed by atoms with Crippen LogP contribution in [0.4, 0.5) is 0 Å². The topological polar surface area (TPSA) is 160 Å². The molecule has 4 fully saturated rings. The largest absolute Gasteiger partial charge is 0.464 e. The molecule has 0 spiro atoms. The van der Waals surface area contributed by atoms with Gasteiger partial charge in [-0.05, 0) is 129 Å². The highest BCUT2D eigenvalue weighted by Gasteiger charge is 2.59. The van der Waals surface area contributed by atoms with Crippen molar-refractivity contribution >= 4 is 30.6 Å². The number of allylic oxidation sites excluding steroid dienone is 7. The van der Waals surface area contributed by atoms with Crippen molar-refractivity contribution in [3.05, 3.63) is 47.6 Å². The fourth-order valence-corrected chi connectivity index (χ4v) is 7.00. The van der Waals surface area contributed by atoms with Crippen LogP contribution in [0.3, 0.4) is 0 Å². The quantitative estimate of drug-likeness (QED) is 0.0444. The van der Waals surface area contributed by atoms with Gasteiger partial charge in [-0.15, -0.1) is 0 Å². The van der Waals surface area contributed by atoms with E-state index in [-0.39, 0.29) is 48.1 Å². The SMILES string of the molecule is C=O.CC.CC.CC(COC(=O)C1CCCCN1C)CC1CCC(O)CC1.CC/C(C)=C/C=C/C=C/CCC(C)C(=O)CC(O)/C(C)=C/CC(C)=O.O=C[C@]12OCCCC1O2. The average Bonchev–Trinajstić information content (AvgIpc) is 4.03. The second-order valence-corrected chi connectivity index (χ2v) is 16.3. The Morgan fingerprint density at radius 3 is 2.15 bits per heavy atom. The van der Waals surface area contributed by atoms with Gasteiger partial charge >= 0.3 is 5.97 Å². The Morgan fingerprint density at radius 2 is 1.59 bits per heavy atom. The van der Waals surface area contributed by atoms with Crippen LogP contribution in [0.2, 0.25) is 0 Å². The third-order valence-electron chi connectivity index (χ3n) is 11.2. The van der Waals surface area contributed by atoms with Crippen LogP contribution < -0.4 is 0 Å². The number of ether oxygens (including phenoxy) is 3. The van der Waals surface area contributed by atoms with E-state index in [0.29, 0.717) is 37.0 Å². The second kappa shape index (κ2) is 36.4. The summed E-state index contributed by atoms with van der Waals surface area (Å²) in [5, 5.41) is 19.6. The van der Waals surface area contributed by atoms with E-state index >= 15 is 0 Å². The summed E-state index contributed by atoms with van der Waals surface area (Å²) in [4.78, 5) is 55.7. The van der Waals surface area contributed by atoms with Crippen LogP contribution in [-0.2, 0) is 38.2 Å². The van der Waals surface area contributed by atoms with Gasteiger partial charge in [0.1, 0.15) is 30.5 Å². The summed E-state index contributed by atoms with van der Waals surface area (Å²) in [6, 6.07) is -0.0317. The van der Waals surface area contributed by atoms with E-state index in [1.807, 2.05) is 66.7 Å². The zero-order valence-electron chi connectivity index (χ0n) is 40.1. The lowest BCUT2D eigenvalue weighted by Crippen LogP contribution is -2.43. The predicted octanol–water partition coefficient (Wildman–Crippen LogP) is 9.67. The van der Waals surface area contributed by atoms with Crippen LogP contribution in [0.1, 0.15) is 166 Å². The van der Waals surface area contributed by atoms with E-state index in [1.165, 1.54) is 18.9 Å². The fraction of sp³-hybridized carbons (Fsp3) is 0.740. The van der Waals surface area contributed by atoms with Crippen LogP contribution in [0.5, 0.6) is 0 Å². The summed E-state index contributed by atoms with van der Waals surface area (Å²) in [5.74, 6) is 0.316. The van der Waals surface area contributed by atoms with E-state index in [0.717, 1.165) is 89.9 Å². The molecule has 0 radical (unpaired) electrons. The van der Waals surface area contributed by atoms with Crippen LogP contribution in [0, 0.1) is 17.8 Å². The lowest BCUT2D eigenvalue weighted by Gasteiger charge is -2.31. The molecule has 4 rings (SSSR count). The number of piperidine rings is 1. The van der Waals surface area contributed by atoms with Crippen LogP contribution in [-0.4, -0.2) is 103 Å². The standard InChI is InChI=1S/C22H34O3.C17H31NO3.C6H8O3.2C2H6.CH2O/c1-6-17(2)12-10-8-7-9-11-13-18(3)21(24)16-22(25)19(4)14-15-20(5)23;1-13(11-14-6-8-15(19)9-7-14)12-21-17(20)16-5-3-4-10-18(16)2;7-4-6-5(9-6)2-1-3-8-6;3*1-2/h7-10,12,14,18,22,25H,6,11,13,15-16H2,1-5H3;13-16,19H,3-12H2,1-2H3;4-5H,1-3H2;2*1-2H3;1H2/b9-7+,10-8+,17-12+,19-14+;;;;;/t;;5?,6-;;;/m..1.../s1. The summed E-state index contributed by atoms with van der Waals surface area (Å²) in [5.41, 5.74) is 2.03. The maximum Gasteiger partial charge on any atom is 0.323 e. The van der Waals surface area contributed by atoms with E-state index in [9.17, 15) is 29.4 Å².